The number of amides is 2. The van der Waals surface area contributed by atoms with E-state index in [0.717, 1.165) is 12.8 Å². The summed E-state index contributed by atoms with van der Waals surface area (Å²) in [5.41, 5.74) is 4.98. The Balaban J connectivity index is 2.12. The van der Waals surface area contributed by atoms with E-state index in [9.17, 15) is 14.4 Å². The number of hydrogen-bond acceptors (Lipinski definition) is 3. The molecule has 3 rings (SSSR count). The second-order valence-corrected chi connectivity index (χ2v) is 5.23. The van der Waals surface area contributed by atoms with Crippen LogP contribution in [0.4, 0.5) is 0 Å². The number of primary amides is 1. The van der Waals surface area contributed by atoms with Crippen LogP contribution in [0.15, 0.2) is 16.9 Å². The molecule has 0 aromatic carbocycles. The second kappa shape index (κ2) is 3.94. The van der Waals surface area contributed by atoms with Gasteiger partial charge >= 0.3 is 0 Å². The summed E-state index contributed by atoms with van der Waals surface area (Å²) in [6, 6.07) is 2.88. The smallest absolute Gasteiger partial charge is 0.270 e. The Morgan fingerprint density at radius 3 is 2.58 bits per heavy atom. The lowest BCUT2D eigenvalue weighted by molar-refractivity contribution is 0.0623. The predicted octanol–water partition coefficient (Wildman–Crippen LogP) is -0.189. The van der Waals surface area contributed by atoms with Gasteiger partial charge in [0.25, 0.3) is 17.4 Å². The normalized spacial score (nSPS) is 22.3. The van der Waals surface area contributed by atoms with Crippen LogP contribution in [0.3, 0.4) is 0 Å². The molecule has 0 spiro atoms. The molecule has 0 saturated heterocycles. The zero-order valence-electron chi connectivity index (χ0n) is 10.6. The maximum absolute atomic E-state index is 12.2. The molecular formula is C13H15N3O3. The second-order valence-electron chi connectivity index (χ2n) is 5.23. The lowest BCUT2D eigenvalue weighted by atomic mass is 10.1. The summed E-state index contributed by atoms with van der Waals surface area (Å²) < 4.78 is 1.39. The minimum Gasteiger partial charge on any atom is -0.365 e. The minimum atomic E-state index is -0.755. The van der Waals surface area contributed by atoms with Crippen molar-refractivity contribution in [3.8, 4) is 0 Å². The number of likely N-dealkylation sites (N-methyl/N-ethyl adjacent to an activating group) is 1. The molecule has 1 unspecified atom stereocenters. The molecule has 1 aliphatic carbocycles. The number of carbonyl (C=O) groups excluding carboxylic acids is 2. The van der Waals surface area contributed by atoms with Gasteiger partial charge in [0.2, 0.25) is 0 Å². The third-order valence-electron chi connectivity index (χ3n) is 4.01. The largest absolute Gasteiger partial charge is 0.365 e. The van der Waals surface area contributed by atoms with E-state index >= 15 is 0 Å². The molecule has 6 nitrogen and oxygen atoms in total. The van der Waals surface area contributed by atoms with Gasteiger partial charge in [-0.25, -0.2) is 0 Å². The highest BCUT2D eigenvalue weighted by atomic mass is 16.2. The van der Waals surface area contributed by atoms with Gasteiger partial charge in [-0.3, -0.25) is 14.4 Å². The van der Waals surface area contributed by atoms with Crippen molar-refractivity contribution in [2.24, 2.45) is 11.7 Å². The summed E-state index contributed by atoms with van der Waals surface area (Å²) in [6.45, 7) is 0.447. The maximum atomic E-state index is 12.2. The average molecular weight is 261 g/mol. The molecule has 6 heteroatoms. The van der Waals surface area contributed by atoms with Crippen molar-refractivity contribution in [1.29, 1.82) is 0 Å². The number of carbonyl (C=O) groups is 2. The van der Waals surface area contributed by atoms with Crippen molar-refractivity contribution in [2.75, 3.05) is 7.05 Å². The number of aromatic nitrogens is 1. The van der Waals surface area contributed by atoms with Crippen molar-refractivity contribution in [3.63, 3.8) is 0 Å². The Bertz CT molecular complexity index is 631. The first-order chi connectivity index (χ1) is 9.00. The Morgan fingerprint density at radius 1 is 1.32 bits per heavy atom. The fraction of sp³-hybridized carbons (Fsp3) is 0.462. The van der Waals surface area contributed by atoms with Gasteiger partial charge in [-0.1, -0.05) is 0 Å². The molecule has 100 valence electrons. The summed E-state index contributed by atoms with van der Waals surface area (Å²) in [5.74, 6) is -0.461. The molecule has 2 aliphatic rings. The van der Waals surface area contributed by atoms with Crippen LogP contribution in [0.5, 0.6) is 0 Å². The molecule has 1 aliphatic heterocycles. The Labute approximate surface area is 109 Å². The van der Waals surface area contributed by atoms with Gasteiger partial charge in [0, 0.05) is 13.6 Å². The van der Waals surface area contributed by atoms with Crippen molar-refractivity contribution in [3.05, 3.63) is 33.7 Å². The fourth-order valence-electron chi connectivity index (χ4n) is 2.72. The monoisotopic (exact) mass is 261 g/mol. The van der Waals surface area contributed by atoms with Crippen LogP contribution < -0.4 is 11.3 Å². The van der Waals surface area contributed by atoms with Gasteiger partial charge in [0.05, 0.1) is 6.04 Å². The third kappa shape index (κ3) is 1.75. The number of nitrogens with two attached hydrogens (primary N) is 1. The van der Waals surface area contributed by atoms with Gasteiger partial charge in [-0.15, -0.1) is 0 Å². The average Bonchev–Trinajstić information content (AvgIpc) is 3.18. The van der Waals surface area contributed by atoms with Gasteiger partial charge < -0.3 is 15.2 Å². The Morgan fingerprint density at radius 2 is 2.00 bits per heavy atom. The van der Waals surface area contributed by atoms with Crippen LogP contribution in [0.2, 0.25) is 0 Å². The summed E-state index contributed by atoms with van der Waals surface area (Å²) in [7, 11) is 1.77. The lowest BCUT2D eigenvalue weighted by Gasteiger charge is -2.34. The first-order valence-electron chi connectivity index (χ1n) is 6.31. The van der Waals surface area contributed by atoms with Crippen LogP contribution in [-0.4, -0.2) is 34.4 Å². The van der Waals surface area contributed by atoms with Crippen LogP contribution >= 0.6 is 0 Å². The van der Waals surface area contributed by atoms with Crippen molar-refractivity contribution < 1.29 is 9.59 Å². The molecule has 0 bridgehead atoms. The van der Waals surface area contributed by atoms with Crippen molar-refractivity contribution >= 4 is 11.8 Å². The number of rotatable bonds is 2. The highest BCUT2D eigenvalue weighted by Gasteiger charge is 2.40. The molecule has 1 atom stereocenters. The van der Waals surface area contributed by atoms with Crippen LogP contribution in [0.25, 0.3) is 0 Å². The van der Waals surface area contributed by atoms with E-state index in [1.807, 2.05) is 0 Å². The van der Waals surface area contributed by atoms with Gasteiger partial charge in [0.1, 0.15) is 11.3 Å². The molecule has 2 N–H and O–H groups in total. The molecule has 1 aromatic heterocycles. The summed E-state index contributed by atoms with van der Waals surface area (Å²) in [6.07, 6.45) is 2.17. The molecule has 1 saturated carbocycles. The Kier molecular flexibility index (Phi) is 2.48. The third-order valence-corrected chi connectivity index (χ3v) is 4.01. The van der Waals surface area contributed by atoms with E-state index in [-0.39, 0.29) is 17.5 Å². The van der Waals surface area contributed by atoms with E-state index in [4.69, 9.17) is 5.73 Å². The summed E-state index contributed by atoms with van der Waals surface area (Å²) in [5, 5.41) is 0. The minimum absolute atomic E-state index is 0.0424. The van der Waals surface area contributed by atoms with E-state index < -0.39 is 11.5 Å². The van der Waals surface area contributed by atoms with Crippen LogP contribution in [0.1, 0.15) is 33.7 Å². The van der Waals surface area contributed by atoms with E-state index in [1.165, 1.54) is 16.7 Å². The van der Waals surface area contributed by atoms with Gasteiger partial charge in [0.15, 0.2) is 0 Å². The number of fused-ring (bicyclic) bond motifs is 1. The summed E-state index contributed by atoms with van der Waals surface area (Å²) >= 11 is 0. The first kappa shape index (κ1) is 12.0. The maximum Gasteiger partial charge on any atom is 0.270 e. The van der Waals surface area contributed by atoms with Crippen molar-refractivity contribution in [1.82, 2.24) is 9.47 Å². The number of pyridine rings is 1. The van der Waals surface area contributed by atoms with Crippen LogP contribution in [-0.2, 0) is 6.54 Å². The molecule has 1 fully saturated rings. The quantitative estimate of drug-likeness (QED) is 0.800. The van der Waals surface area contributed by atoms with Gasteiger partial charge in [-0.2, -0.15) is 0 Å². The number of hydrogen-bond donors (Lipinski definition) is 1. The SMILES string of the molecule is CN1C(=O)c2ccc(C(N)=O)c(=O)n2CC1C1CC1. The standard InChI is InChI=1S/C13H15N3O3/c1-15-10(7-2-3-7)6-16-9(13(15)19)5-4-8(11(14)17)12(16)18/h4-5,7,10H,2-3,6H2,1H3,(H2,14,17). The zero-order chi connectivity index (χ0) is 13.7. The number of nitrogens with zero attached hydrogens (tertiary/aromatic N) is 2. The van der Waals surface area contributed by atoms with E-state index in [2.05, 4.69) is 0 Å². The molecule has 2 heterocycles. The zero-order valence-corrected chi connectivity index (χ0v) is 10.6. The van der Waals surface area contributed by atoms with E-state index in [0.29, 0.717) is 18.2 Å². The highest BCUT2D eigenvalue weighted by Crippen LogP contribution is 2.37. The van der Waals surface area contributed by atoms with Crippen molar-refractivity contribution in [2.45, 2.75) is 25.4 Å². The first-order valence-corrected chi connectivity index (χ1v) is 6.31. The summed E-state index contributed by atoms with van der Waals surface area (Å²) in [4.78, 5) is 37.3. The highest BCUT2D eigenvalue weighted by molar-refractivity contribution is 5.96. The lowest BCUT2D eigenvalue weighted by Crippen LogP contribution is -2.50. The molecule has 0 radical (unpaired) electrons. The van der Waals surface area contributed by atoms with E-state index in [1.54, 1.807) is 11.9 Å². The van der Waals surface area contributed by atoms with Crippen LogP contribution in [0, 0.1) is 5.92 Å². The topological polar surface area (TPSA) is 85.4 Å². The predicted molar refractivity (Wildman–Crippen MR) is 67.8 cm³/mol. The molecule has 1 aromatic rings. The fourth-order valence-corrected chi connectivity index (χ4v) is 2.72. The molecular weight excluding hydrogens is 246 g/mol. The molecule has 2 amide bonds. The Hall–Kier alpha value is -2.11. The molecule has 19 heavy (non-hydrogen) atoms. The van der Waals surface area contributed by atoms with Gasteiger partial charge in [-0.05, 0) is 30.9 Å².